The van der Waals surface area contributed by atoms with Crippen molar-refractivity contribution < 1.29 is 4.39 Å². The molecule has 0 aliphatic carbocycles. The van der Waals surface area contributed by atoms with Crippen LogP contribution in [0, 0.1) is 12.7 Å². The minimum Gasteiger partial charge on any atom is -0.398 e. The number of imidazole rings is 1. The molecule has 0 radical (unpaired) electrons. The van der Waals surface area contributed by atoms with Crippen molar-refractivity contribution in [2.45, 2.75) is 6.92 Å². The van der Waals surface area contributed by atoms with Gasteiger partial charge in [-0.1, -0.05) is 0 Å². The van der Waals surface area contributed by atoms with Crippen molar-refractivity contribution in [3.05, 3.63) is 41.8 Å². The minimum atomic E-state index is -0.343. The molecule has 0 unspecified atom stereocenters. The summed E-state index contributed by atoms with van der Waals surface area (Å²) < 4.78 is 13.3. The number of aryl methyl sites for hydroxylation is 1. The first-order chi connectivity index (χ1) is 8.65. The lowest BCUT2D eigenvalue weighted by Crippen LogP contribution is -1.92. The van der Waals surface area contributed by atoms with Crippen LogP contribution < -0.4 is 5.73 Å². The van der Waals surface area contributed by atoms with Crippen LogP contribution in [0.25, 0.3) is 22.6 Å². The lowest BCUT2D eigenvalue weighted by atomic mass is 10.1. The van der Waals surface area contributed by atoms with E-state index in [1.165, 1.54) is 18.2 Å². The number of benzene rings is 1. The number of H-pyrrole nitrogens is 1. The van der Waals surface area contributed by atoms with Gasteiger partial charge in [0.05, 0.1) is 5.52 Å². The third kappa shape index (κ3) is 1.60. The second-order valence-electron chi connectivity index (χ2n) is 4.14. The van der Waals surface area contributed by atoms with Gasteiger partial charge in [0.25, 0.3) is 0 Å². The fourth-order valence-electron chi connectivity index (χ4n) is 1.90. The summed E-state index contributed by atoms with van der Waals surface area (Å²) in [6, 6.07) is 6.10. The highest BCUT2D eigenvalue weighted by atomic mass is 19.1. The molecule has 0 bridgehead atoms. The zero-order chi connectivity index (χ0) is 12.7. The molecule has 3 aromatic rings. The van der Waals surface area contributed by atoms with Gasteiger partial charge in [0, 0.05) is 17.4 Å². The van der Waals surface area contributed by atoms with Crippen molar-refractivity contribution in [3.8, 4) is 11.4 Å². The summed E-state index contributed by atoms with van der Waals surface area (Å²) in [4.78, 5) is 11.6. The molecule has 5 heteroatoms. The fourth-order valence-corrected chi connectivity index (χ4v) is 1.90. The molecule has 4 nitrogen and oxygen atoms in total. The molecule has 0 saturated heterocycles. The molecule has 0 aliphatic heterocycles. The number of nitrogens with zero attached hydrogens (tertiary/aromatic N) is 2. The van der Waals surface area contributed by atoms with Crippen LogP contribution in [0.3, 0.4) is 0 Å². The maximum absolute atomic E-state index is 13.3. The second-order valence-corrected chi connectivity index (χ2v) is 4.14. The Hall–Kier alpha value is -2.43. The third-order valence-electron chi connectivity index (χ3n) is 2.87. The summed E-state index contributed by atoms with van der Waals surface area (Å²) in [5.41, 5.74) is 9.35. The van der Waals surface area contributed by atoms with Crippen molar-refractivity contribution in [2.75, 3.05) is 5.73 Å². The van der Waals surface area contributed by atoms with E-state index in [0.717, 1.165) is 11.1 Å². The van der Waals surface area contributed by atoms with E-state index in [0.29, 0.717) is 22.7 Å². The van der Waals surface area contributed by atoms with Gasteiger partial charge in [0.15, 0.2) is 5.65 Å². The summed E-state index contributed by atoms with van der Waals surface area (Å²) in [6.45, 7) is 1.96. The number of nitrogens with two attached hydrogens (primary N) is 1. The maximum atomic E-state index is 13.3. The number of hydrogen-bond acceptors (Lipinski definition) is 3. The Bertz CT molecular complexity index is 733. The van der Waals surface area contributed by atoms with Gasteiger partial charge in [-0.3, -0.25) is 0 Å². The van der Waals surface area contributed by atoms with Gasteiger partial charge in [-0.2, -0.15) is 0 Å². The molecule has 0 saturated carbocycles. The number of anilines is 1. The van der Waals surface area contributed by atoms with E-state index < -0.39 is 0 Å². The first-order valence-corrected chi connectivity index (χ1v) is 5.52. The lowest BCUT2D eigenvalue weighted by molar-refractivity contribution is 0.628. The molecule has 18 heavy (non-hydrogen) atoms. The molecular formula is C13H11FN4. The number of nitrogen functional groups attached to an aromatic ring is 1. The van der Waals surface area contributed by atoms with E-state index in [1.807, 2.05) is 13.0 Å². The number of nitrogens with one attached hydrogen (secondary N) is 1. The Kier molecular flexibility index (Phi) is 2.26. The summed E-state index contributed by atoms with van der Waals surface area (Å²) in [5, 5.41) is 0. The molecule has 3 N–H and O–H groups in total. The van der Waals surface area contributed by atoms with Crippen LogP contribution in [0.4, 0.5) is 10.1 Å². The number of rotatable bonds is 1. The van der Waals surface area contributed by atoms with E-state index in [-0.39, 0.29) is 5.82 Å². The molecule has 0 amide bonds. The van der Waals surface area contributed by atoms with Crippen molar-refractivity contribution in [1.29, 1.82) is 0 Å². The number of fused-ring (bicyclic) bond motifs is 1. The number of halogens is 1. The monoisotopic (exact) mass is 242 g/mol. The topological polar surface area (TPSA) is 67.6 Å². The fraction of sp³-hybridized carbons (Fsp3) is 0.0769. The Morgan fingerprint density at radius 2 is 2.11 bits per heavy atom. The molecule has 0 fully saturated rings. The Balaban J connectivity index is 2.26. The standard InChI is InChI=1S/C13H11FN4/c1-7-4-5-16-13-11(7)17-12(18-13)9-6-8(14)2-3-10(9)15/h2-6H,15H2,1H3,(H,16,17,18). The van der Waals surface area contributed by atoms with Crippen molar-refractivity contribution in [2.24, 2.45) is 0 Å². The lowest BCUT2D eigenvalue weighted by Gasteiger charge is -2.01. The van der Waals surface area contributed by atoms with Gasteiger partial charge in [-0.05, 0) is 36.8 Å². The van der Waals surface area contributed by atoms with Crippen molar-refractivity contribution >= 4 is 16.9 Å². The smallest absolute Gasteiger partial charge is 0.178 e. The predicted molar refractivity (Wildman–Crippen MR) is 68.4 cm³/mol. The summed E-state index contributed by atoms with van der Waals surface area (Å²) in [5.74, 6) is 0.188. The molecule has 90 valence electrons. The molecule has 2 aromatic heterocycles. The first kappa shape index (κ1) is 10.7. The van der Waals surface area contributed by atoms with Gasteiger partial charge in [0.2, 0.25) is 0 Å². The summed E-state index contributed by atoms with van der Waals surface area (Å²) >= 11 is 0. The van der Waals surface area contributed by atoms with Crippen molar-refractivity contribution in [1.82, 2.24) is 15.0 Å². The SMILES string of the molecule is Cc1ccnc2nc(-c3cc(F)ccc3N)[nH]c12. The molecule has 0 spiro atoms. The normalized spacial score (nSPS) is 11.0. The summed E-state index contributed by atoms with van der Waals surface area (Å²) in [6.07, 6.45) is 1.69. The Morgan fingerprint density at radius 3 is 2.89 bits per heavy atom. The van der Waals surface area contributed by atoms with Crippen LogP contribution in [-0.2, 0) is 0 Å². The van der Waals surface area contributed by atoms with E-state index in [1.54, 1.807) is 6.20 Å². The van der Waals surface area contributed by atoms with Gasteiger partial charge in [0.1, 0.15) is 11.6 Å². The van der Waals surface area contributed by atoms with Gasteiger partial charge in [-0.15, -0.1) is 0 Å². The molecule has 0 atom stereocenters. The highest BCUT2D eigenvalue weighted by Gasteiger charge is 2.11. The average Bonchev–Trinajstić information content (AvgIpc) is 2.77. The van der Waals surface area contributed by atoms with E-state index >= 15 is 0 Å². The Morgan fingerprint density at radius 1 is 1.28 bits per heavy atom. The van der Waals surface area contributed by atoms with Crippen LogP contribution in [0.5, 0.6) is 0 Å². The van der Waals surface area contributed by atoms with Crippen LogP contribution >= 0.6 is 0 Å². The zero-order valence-corrected chi connectivity index (χ0v) is 9.74. The minimum absolute atomic E-state index is 0.343. The number of hydrogen-bond donors (Lipinski definition) is 2. The number of aromatic nitrogens is 3. The highest BCUT2D eigenvalue weighted by molar-refractivity contribution is 5.81. The van der Waals surface area contributed by atoms with E-state index in [2.05, 4.69) is 15.0 Å². The predicted octanol–water partition coefficient (Wildman–Crippen LogP) is 2.65. The zero-order valence-electron chi connectivity index (χ0n) is 9.74. The number of aromatic amines is 1. The number of pyridine rings is 1. The second kappa shape index (κ2) is 3.80. The van der Waals surface area contributed by atoms with E-state index in [9.17, 15) is 4.39 Å². The molecule has 0 aliphatic rings. The van der Waals surface area contributed by atoms with E-state index in [4.69, 9.17) is 5.73 Å². The van der Waals surface area contributed by atoms with Gasteiger partial charge >= 0.3 is 0 Å². The van der Waals surface area contributed by atoms with Crippen LogP contribution in [0.15, 0.2) is 30.5 Å². The van der Waals surface area contributed by atoms with Gasteiger partial charge < -0.3 is 10.7 Å². The maximum Gasteiger partial charge on any atom is 0.178 e. The molecule has 1 aromatic carbocycles. The third-order valence-corrected chi connectivity index (χ3v) is 2.87. The average molecular weight is 242 g/mol. The summed E-state index contributed by atoms with van der Waals surface area (Å²) in [7, 11) is 0. The van der Waals surface area contributed by atoms with Crippen molar-refractivity contribution in [3.63, 3.8) is 0 Å². The van der Waals surface area contributed by atoms with Crippen LogP contribution in [0.2, 0.25) is 0 Å². The van der Waals surface area contributed by atoms with Crippen LogP contribution in [0.1, 0.15) is 5.56 Å². The van der Waals surface area contributed by atoms with Gasteiger partial charge in [-0.25, -0.2) is 14.4 Å². The largest absolute Gasteiger partial charge is 0.398 e. The molecular weight excluding hydrogens is 231 g/mol. The molecule has 2 heterocycles. The Labute approximate surface area is 103 Å². The van der Waals surface area contributed by atoms with Crippen LogP contribution in [-0.4, -0.2) is 15.0 Å². The first-order valence-electron chi connectivity index (χ1n) is 5.52. The highest BCUT2D eigenvalue weighted by Crippen LogP contribution is 2.26. The quantitative estimate of drug-likeness (QED) is 0.644. The molecule has 3 rings (SSSR count).